The standard InChI is InChI=1S/C41H32OPSi/c1-44(38-21-11-9-19-36(38)42-33-15-3-2-4-16-33)39-22-12-10-20-37(39)43-27-31-25-23-29-13-5-7-17-34(29)40(31)41-32(28-43)26-24-30-14-6-8-18-35(30)41/h2-26H,27-28H2,1H3. The van der Waals surface area contributed by atoms with Gasteiger partial charge >= 0.3 is 0 Å². The van der Waals surface area contributed by atoms with Crippen LogP contribution >= 0.6 is 7.92 Å². The van der Waals surface area contributed by atoms with E-state index >= 15 is 0 Å². The van der Waals surface area contributed by atoms with Crippen LogP contribution in [0, 0.1) is 0 Å². The van der Waals surface area contributed by atoms with Crippen molar-refractivity contribution in [2.75, 3.05) is 0 Å². The molecular formula is C41H32OPSi. The van der Waals surface area contributed by atoms with E-state index in [9.17, 15) is 0 Å². The summed E-state index contributed by atoms with van der Waals surface area (Å²) in [6.45, 7) is 2.44. The highest BCUT2D eigenvalue weighted by Crippen LogP contribution is 2.52. The summed E-state index contributed by atoms with van der Waals surface area (Å²) >= 11 is 0. The molecule has 0 aliphatic carbocycles. The van der Waals surface area contributed by atoms with E-state index in [4.69, 9.17) is 4.74 Å². The normalized spacial score (nSPS) is 13.0. The number of hydrogen-bond donors (Lipinski definition) is 0. The van der Waals surface area contributed by atoms with Gasteiger partial charge in [0.15, 0.2) is 0 Å². The summed E-state index contributed by atoms with van der Waals surface area (Å²) in [5, 5.41) is 9.70. The van der Waals surface area contributed by atoms with Crippen LogP contribution in [0.5, 0.6) is 11.5 Å². The summed E-state index contributed by atoms with van der Waals surface area (Å²) in [6.07, 6.45) is 2.15. The fraction of sp³-hybridized carbons (Fsp3) is 0.0732. The lowest BCUT2D eigenvalue weighted by atomic mass is 9.88. The number of fused-ring (bicyclic) bond motifs is 7. The van der Waals surface area contributed by atoms with Crippen LogP contribution < -0.4 is 20.4 Å². The topological polar surface area (TPSA) is 9.23 Å². The van der Waals surface area contributed by atoms with Crippen molar-refractivity contribution in [3.8, 4) is 22.6 Å². The molecule has 1 radical (unpaired) electrons. The van der Waals surface area contributed by atoms with Crippen molar-refractivity contribution in [1.29, 1.82) is 0 Å². The Balaban J connectivity index is 1.27. The van der Waals surface area contributed by atoms with E-state index in [1.165, 1.54) is 59.5 Å². The van der Waals surface area contributed by atoms with Crippen molar-refractivity contribution < 1.29 is 4.74 Å². The average molecular weight is 600 g/mol. The van der Waals surface area contributed by atoms with E-state index in [2.05, 4.69) is 128 Å². The van der Waals surface area contributed by atoms with Crippen LogP contribution in [-0.4, -0.2) is 8.80 Å². The predicted molar refractivity (Wildman–Crippen MR) is 191 cm³/mol. The second-order valence-electron chi connectivity index (χ2n) is 11.6. The molecule has 211 valence electrons. The molecule has 3 heteroatoms. The second kappa shape index (κ2) is 11.5. The first kappa shape index (κ1) is 27.1. The molecule has 1 aliphatic heterocycles. The maximum Gasteiger partial charge on any atom is 0.127 e. The van der Waals surface area contributed by atoms with Crippen molar-refractivity contribution in [3.63, 3.8) is 0 Å². The maximum atomic E-state index is 6.46. The van der Waals surface area contributed by atoms with Gasteiger partial charge in [0, 0.05) is 0 Å². The van der Waals surface area contributed by atoms with Gasteiger partial charge in [-0.1, -0.05) is 148 Å². The summed E-state index contributed by atoms with van der Waals surface area (Å²) in [4.78, 5) is 0. The Morgan fingerprint density at radius 1 is 0.500 bits per heavy atom. The molecule has 8 rings (SSSR count). The molecule has 0 N–H and O–H groups in total. The summed E-state index contributed by atoms with van der Waals surface area (Å²) in [7, 11) is -1.61. The molecule has 7 aromatic rings. The van der Waals surface area contributed by atoms with E-state index in [1.54, 1.807) is 0 Å². The Bertz CT molecular complexity index is 2050. The fourth-order valence-corrected chi connectivity index (χ4v) is 12.3. The smallest absolute Gasteiger partial charge is 0.127 e. The van der Waals surface area contributed by atoms with E-state index < -0.39 is 16.7 Å². The van der Waals surface area contributed by atoms with Crippen molar-refractivity contribution in [3.05, 3.63) is 163 Å². The highest BCUT2D eigenvalue weighted by atomic mass is 31.1. The van der Waals surface area contributed by atoms with Crippen molar-refractivity contribution in [2.45, 2.75) is 18.9 Å². The lowest BCUT2D eigenvalue weighted by molar-refractivity contribution is 0.486. The molecule has 0 fully saturated rings. The van der Waals surface area contributed by atoms with Gasteiger partial charge in [0.05, 0.1) is 0 Å². The quantitative estimate of drug-likeness (QED) is 0.141. The number of rotatable bonds is 5. The molecule has 0 unspecified atom stereocenters. The SMILES string of the molecule is C[Si](c1ccccc1Oc1ccccc1)c1ccccc1P1Cc2ccc3ccccc3c2-c2c(ccc3ccccc23)C1. The molecule has 0 saturated heterocycles. The predicted octanol–water partition coefficient (Wildman–Crippen LogP) is 9.51. The Kier molecular flexibility index (Phi) is 7.10. The van der Waals surface area contributed by atoms with Crippen LogP contribution in [0.15, 0.2) is 152 Å². The number of benzene rings is 7. The van der Waals surface area contributed by atoms with E-state index in [0.717, 1.165) is 23.8 Å². The number of hydrogen-bond acceptors (Lipinski definition) is 1. The van der Waals surface area contributed by atoms with Gasteiger partial charge in [0.25, 0.3) is 0 Å². The monoisotopic (exact) mass is 599 g/mol. The van der Waals surface area contributed by atoms with Gasteiger partial charge in [-0.3, -0.25) is 0 Å². The van der Waals surface area contributed by atoms with Gasteiger partial charge < -0.3 is 4.74 Å². The first-order valence-electron chi connectivity index (χ1n) is 15.3. The minimum absolute atomic E-state index is 0.494. The molecule has 44 heavy (non-hydrogen) atoms. The first-order valence-corrected chi connectivity index (χ1v) is 19.0. The molecule has 7 aromatic carbocycles. The highest BCUT2D eigenvalue weighted by Gasteiger charge is 2.28. The molecule has 0 atom stereocenters. The molecule has 1 heterocycles. The zero-order valence-electron chi connectivity index (χ0n) is 24.7. The lowest BCUT2D eigenvalue weighted by Gasteiger charge is -2.24. The Morgan fingerprint density at radius 3 is 1.68 bits per heavy atom. The summed E-state index contributed by atoms with van der Waals surface area (Å²) in [6, 6.07) is 55.4. The zero-order chi connectivity index (χ0) is 29.5. The van der Waals surface area contributed by atoms with Gasteiger partial charge in [-0.25, -0.2) is 0 Å². The van der Waals surface area contributed by atoms with Crippen molar-refractivity contribution in [1.82, 2.24) is 0 Å². The zero-order valence-corrected chi connectivity index (χ0v) is 26.6. The summed E-state index contributed by atoms with van der Waals surface area (Å²) < 4.78 is 6.46. The van der Waals surface area contributed by atoms with Crippen LogP contribution in [0.1, 0.15) is 11.1 Å². The van der Waals surface area contributed by atoms with Gasteiger partial charge in [-0.15, -0.1) is 0 Å². The number of para-hydroxylation sites is 2. The maximum absolute atomic E-state index is 6.46. The van der Waals surface area contributed by atoms with Crippen LogP contribution in [0.25, 0.3) is 32.7 Å². The minimum atomic E-state index is -1.11. The van der Waals surface area contributed by atoms with E-state index in [0.29, 0.717) is 0 Å². The Morgan fingerprint density at radius 2 is 1.02 bits per heavy atom. The third-order valence-electron chi connectivity index (χ3n) is 8.91. The molecule has 0 spiro atoms. The molecule has 0 amide bonds. The first-order chi connectivity index (χ1) is 21.7. The van der Waals surface area contributed by atoms with Crippen LogP contribution in [0.3, 0.4) is 0 Å². The molecular weight excluding hydrogens is 568 g/mol. The summed E-state index contributed by atoms with van der Waals surface area (Å²) in [5.74, 6) is 1.84. The van der Waals surface area contributed by atoms with Crippen molar-refractivity contribution >= 4 is 53.9 Å². The average Bonchev–Trinajstić information content (AvgIpc) is 3.26. The highest BCUT2D eigenvalue weighted by molar-refractivity contribution is 7.64. The van der Waals surface area contributed by atoms with Gasteiger partial charge in [0.2, 0.25) is 0 Å². The lowest BCUT2D eigenvalue weighted by Crippen LogP contribution is -2.46. The van der Waals surface area contributed by atoms with E-state index in [1.807, 2.05) is 30.3 Å². The van der Waals surface area contributed by atoms with Gasteiger partial charge in [-0.2, -0.15) is 0 Å². The number of ether oxygens (including phenoxy) is 1. The largest absolute Gasteiger partial charge is 0.458 e. The molecule has 0 bridgehead atoms. The van der Waals surface area contributed by atoms with Crippen LogP contribution in [0.2, 0.25) is 6.55 Å². The van der Waals surface area contributed by atoms with Crippen LogP contribution in [0.4, 0.5) is 0 Å². The molecule has 0 saturated carbocycles. The van der Waals surface area contributed by atoms with Gasteiger partial charge in [-0.05, 0) is 90.0 Å². The minimum Gasteiger partial charge on any atom is -0.458 e. The van der Waals surface area contributed by atoms with Gasteiger partial charge in [0.1, 0.15) is 20.3 Å². The third-order valence-corrected chi connectivity index (χ3v) is 14.1. The summed E-state index contributed by atoms with van der Waals surface area (Å²) in [5.41, 5.74) is 5.80. The third kappa shape index (κ3) is 4.85. The Hall–Kier alpha value is -4.49. The molecule has 1 nitrogen and oxygen atoms in total. The molecule has 0 aromatic heterocycles. The fourth-order valence-electron chi connectivity index (χ4n) is 6.82. The van der Waals surface area contributed by atoms with Crippen LogP contribution in [-0.2, 0) is 12.3 Å². The second-order valence-corrected chi connectivity index (χ2v) is 16.1. The molecule has 1 aliphatic rings. The van der Waals surface area contributed by atoms with Crippen molar-refractivity contribution in [2.24, 2.45) is 0 Å². The Labute approximate surface area is 262 Å². The van der Waals surface area contributed by atoms with E-state index in [-0.39, 0.29) is 0 Å².